The molecule has 3 fully saturated rings. The number of carbonyl (C=O) groups is 4. The summed E-state index contributed by atoms with van der Waals surface area (Å²) in [6, 6.07) is 22.1. The van der Waals surface area contributed by atoms with Crippen LogP contribution in [0.15, 0.2) is 100 Å². The van der Waals surface area contributed by atoms with E-state index in [9.17, 15) is 32.3 Å². The summed E-state index contributed by atoms with van der Waals surface area (Å²) in [5, 5.41) is 9.43. The Morgan fingerprint density at radius 2 is 1.53 bits per heavy atom. The van der Waals surface area contributed by atoms with Gasteiger partial charge in [0.15, 0.2) is 0 Å². The highest BCUT2D eigenvalue weighted by molar-refractivity contribution is 6.00. The van der Waals surface area contributed by atoms with E-state index < -0.39 is 17.4 Å². The van der Waals surface area contributed by atoms with Gasteiger partial charge in [0.05, 0.1) is 22.8 Å². The Kier molecular flexibility index (Phi) is 22.3. The number of likely N-dealkylation sites (N-methyl/N-ethyl adjacent to an activating group) is 1. The van der Waals surface area contributed by atoms with Crippen LogP contribution in [0.5, 0.6) is 0 Å². The van der Waals surface area contributed by atoms with Crippen molar-refractivity contribution in [1.82, 2.24) is 33.9 Å². The number of benzene rings is 3. The molecule has 2 saturated heterocycles. The molecule has 4 aliphatic rings. The van der Waals surface area contributed by atoms with Gasteiger partial charge < -0.3 is 29.7 Å². The number of anilines is 1. The van der Waals surface area contributed by atoms with Crippen molar-refractivity contribution in [2.75, 3.05) is 72.4 Å². The molecule has 18 heteroatoms. The Hall–Kier alpha value is -6.92. The largest absolute Gasteiger partial charge is 0.418 e. The smallest absolute Gasteiger partial charge is 0.371 e. The van der Waals surface area contributed by atoms with Crippen molar-refractivity contribution in [1.29, 1.82) is 0 Å². The fourth-order valence-corrected chi connectivity index (χ4v) is 10.2. The number of piperidine rings is 2. The summed E-state index contributed by atoms with van der Waals surface area (Å²) in [7, 11) is 7.52. The highest BCUT2D eigenvalue weighted by Gasteiger charge is 2.36. The van der Waals surface area contributed by atoms with E-state index in [1.165, 1.54) is 48.1 Å². The van der Waals surface area contributed by atoms with Gasteiger partial charge in [-0.05, 0) is 136 Å². The van der Waals surface area contributed by atoms with Crippen molar-refractivity contribution in [3.05, 3.63) is 135 Å². The molecule has 1 saturated carbocycles. The monoisotopic (exact) mass is 1060 g/mol. The second-order valence-electron chi connectivity index (χ2n) is 20.7. The second kappa shape index (κ2) is 29.0. The number of carbonyl (C=O) groups excluding carboxylic acids is 4. The maximum atomic E-state index is 14.2. The van der Waals surface area contributed by atoms with Crippen LogP contribution in [0.2, 0.25) is 0 Å². The van der Waals surface area contributed by atoms with E-state index in [-0.39, 0.29) is 17.5 Å². The normalized spacial score (nSPS) is 16.3. The average Bonchev–Trinajstić information content (AvgIpc) is 3.94. The van der Waals surface area contributed by atoms with Crippen molar-refractivity contribution in [3.63, 3.8) is 0 Å². The lowest BCUT2D eigenvalue weighted by atomic mass is 9.89. The number of halogens is 3. The van der Waals surface area contributed by atoms with E-state index in [0.717, 1.165) is 104 Å². The van der Waals surface area contributed by atoms with E-state index in [0.29, 0.717) is 67.5 Å². The van der Waals surface area contributed by atoms with Gasteiger partial charge >= 0.3 is 11.9 Å². The van der Waals surface area contributed by atoms with Gasteiger partial charge in [0, 0.05) is 89.3 Å². The maximum Gasteiger partial charge on any atom is 0.418 e. The third kappa shape index (κ3) is 16.5. The summed E-state index contributed by atoms with van der Waals surface area (Å²) in [4.78, 5) is 67.8. The quantitative estimate of drug-likeness (QED) is 0.0393. The summed E-state index contributed by atoms with van der Waals surface area (Å²) >= 11 is 0. The Bertz CT molecular complexity index is 2800. The molecule has 2 amide bonds. The zero-order chi connectivity index (χ0) is 55.5. The van der Waals surface area contributed by atoms with Crippen LogP contribution < -0.4 is 15.9 Å². The number of likely N-dealkylation sites (tertiary alicyclic amines) is 1. The maximum absolute atomic E-state index is 14.2. The molecule has 414 valence electrons. The van der Waals surface area contributed by atoms with Gasteiger partial charge in [-0.15, -0.1) is 5.10 Å². The number of imidazole rings is 1. The van der Waals surface area contributed by atoms with Crippen LogP contribution in [-0.2, 0) is 35.3 Å². The first-order valence-electron chi connectivity index (χ1n) is 26.9. The number of nitrogens with one attached hydrogen (secondary N) is 1. The number of hydrogen-bond acceptors (Lipinski definition) is 10. The molecule has 1 unspecified atom stereocenters. The fourth-order valence-electron chi connectivity index (χ4n) is 10.2. The molecule has 3 aliphatic heterocycles. The Morgan fingerprint density at radius 1 is 0.844 bits per heavy atom. The van der Waals surface area contributed by atoms with Crippen LogP contribution in [-0.4, -0.2) is 140 Å². The zero-order valence-corrected chi connectivity index (χ0v) is 45.5. The van der Waals surface area contributed by atoms with Crippen molar-refractivity contribution < 1.29 is 32.3 Å². The average molecular weight is 1060 g/mol. The first-order valence-corrected chi connectivity index (χ1v) is 26.9. The SMILES string of the molecule is C1CCC1.C=N/N=C\N(C)CCc1cccc(-n2cc3c(C(F)(F)F)cc(CN4CCC(CN(C)C)CC4)cn3c2=O)c1.CCCC(C=O)N1Cc2cc(N3CCC(c4ccc(C=O)cc4)CC3)ccc2C1=O.CNC=O. The van der Waals surface area contributed by atoms with Gasteiger partial charge in [-0.2, -0.15) is 18.3 Å². The molecule has 1 aliphatic carbocycles. The molecular weight excluding hydrogens is 986 g/mol. The number of fused-ring (bicyclic) bond motifs is 2. The lowest BCUT2D eigenvalue weighted by Gasteiger charge is -2.34. The number of pyridine rings is 1. The first kappa shape index (κ1) is 59.3. The van der Waals surface area contributed by atoms with Crippen LogP contribution in [0.25, 0.3) is 11.2 Å². The van der Waals surface area contributed by atoms with Crippen molar-refractivity contribution in [3.8, 4) is 5.69 Å². The van der Waals surface area contributed by atoms with Crippen LogP contribution in [0.4, 0.5) is 18.9 Å². The third-order valence-corrected chi connectivity index (χ3v) is 14.7. The number of rotatable bonds is 18. The molecule has 77 heavy (non-hydrogen) atoms. The Morgan fingerprint density at radius 3 is 2.12 bits per heavy atom. The molecule has 15 nitrogen and oxygen atoms in total. The fraction of sp³-hybridized carbons (Fsp3) is 0.475. The highest BCUT2D eigenvalue weighted by Crippen LogP contribution is 2.36. The minimum absolute atomic E-state index is 0.0282. The number of aldehydes is 2. The molecule has 2 aromatic heterocycles. The van der Waals surface area contributed by atoms with Gasteiger partial charge in [0.2, 0.25) is 6.41 Å². The van der Waals surface area contributed by atoms with Crippen LogP contribution in [0, 0.1) is 5.92 Å². The van der Waals surface area contributed by atoms with E-state index in [2.05, 4.69) is 69.2 Å². The molecule has 5 aromatic rings. The van der Waals surface area contributed by atoms with E-state index in [4.69, 9.17) is 4.79 Å². The number of amides is 2. The standard InChI is InChI=1S/C28H36F3N7O.C25H28N2O3.C4H8.C2H5NO/c1-32-33-20-35(4)11-8-21-6-5-7-24(14-21)37-19-26-25(28(29,30)31)15-23(18-38(26)27(37)39)17-36-12-9-22(10-13-36)16-34(2)3;1-2-3-23(17-29)27-15-21-14-22(8-9-24(21)25(27)30)26-12-10-20(11-13-26)19-6-4-18(16-28)5-7-19;1-2-4-3-1;1-3-2-4/h5-7,14-15,18-20,22H,1,8-13,16-17H2,2-4H3;4-9,14,16-17,20,23H,2-3,10-13,15H2,1H3;1-4H2;2H,1H3,(H,3,4)/b33-20-;;;. The van der Waals surface area contributed by atoms with E-state index >= 15 is 0 Å². The topological polar surface area (TPSA) is 148 Å². The van der Waals surface area contributed by atoms with Crippen LogP contribution in [0.3, 0.4) is 0 Å². The lowest BCUT2D eigenvalue weighted by molar-refractivity contribution is -0.136. The first-order chi connectivity index (χ1) is 37.1. The molecular formula is C59H77F3N10O5. The molecule has 1 atom stereocenters. The van der Waals surface area contributed by atoms with Gasteiger partial charge in [0.1, 0.15) is 18.9 Å². The highest BCUT2D eigenvalue weighted by atomic mass is 19.4. The van der Waals surface area contributed by atoms with Gasteiger partial charge in [-0.25, -0.2) is 4.79 Å². The Balaban J connectivity index is 0.000000223. The summed E-state index contributed by atoms with van der Waals surface area (Å²) < 4.78 is 44.9. The van der Waals surface area contributed by atoms with E-state index in [1.54, 1.807) is 36.6 Å². The molecule has 0 bridgehead atoms. The summed E-state index contributed by atoms with van der Waals surface area (Å²) in [6.07, 6.45) is 14.6. The summed E-state index contributed by atoms with van der Waals surface area (Å²) in [6.45, 7) is 11.5. The number of nitrogens with zero attached hydrogens (tertiary/aromatic N) is 9. The minimum Gasteiger partial charge on any atom is -0.371 e. The Labute approximate surface area is 451 Å². The van der Waals surface area contributed by atoms with Crippen LogP contribution >= 0.6 is 0 Å². The predicted octanol–water partition coefficient (Wildman–Crippen LogP) is 9.13. The number of aromatic nitrogens is 2. The van der Waals surface area contributed by atoms with Gasteiger partial charge in [-0.3, -0.25) is 28.3 Å². The lowest BCUT2D eigenvalue weighted by Crippen LogP contribution is -2.36. The summed E-state index contributed by atoms with van der Waals surface area (Å²) in [5.41, 5.74) is 5.37. The van der Waals surface area contributed by atoms with E-state index in [1.807, 2.05) is 55.3 Å². The van der Waals surface area contributed by atoms with Crippen molar-refractivity contribution in [2.45, 2.75) is 109 Å². The molecule has 9 rings (SSSR count). The molecule has 3 aromatic carbocycles. The van der Waals surface area contributed by atoms with Crippen molar-refractivity contribution in [2.24, 2.45) is 16.1 Å². The van der Waals surface area contributed by atoms with Crippen LogP contribution in [0.1, 0.15) is 126 Å². The molecule has 0 spiro atoms. The minimum atomic E-state index is -4.59. The third-order valence-electron chi connectivity index (χ3n) is 14.7. The molecule has 0 radical (unpaired) electrons. The second-order valence-corrected chi connectivity index (χ2v) is 20.7. The molecule has 1 N–H and O–H groups in total. The van der Waals surface area contributed by atoms with Gasteiger partial charge in [0.25, 0.3) is 5.91 Å². The van der Waals surface area contributed by atoms with Gasteiger partial charge in [-0.1, -0.05) is 75.4 Å². The predicted molar refractivity (Wildman–Crippen MR) is 300 cm³/mol. The number of hydrogen-bond donors (Lipinski definition) is 1. The zero-order valence-electron chi connectivity index (χ0n) is 45.5. The molecule has 5 heterocycles. The summed E-state index contributed by atoms with van der Waals surface area (Å²) in [5.74, 6) is 1.07. The van der Waals surface area contributed by atoms with Crippen molar-refractivity contribution >= 4 is 49.1 Å². The number of alkyl halides is 3.